The van der Waals surface area contributed by atoms with E-state index < -0.39 is 17.9 Å². The molecule has 0 radical (unpaired) electrons. The van der Waals surface area contributed by atoms with Crippen LogP contribution in [-0.4, -0.2) is 35.3 Å². The van der Waals surface area contributed by atoms with Crippen LogP contribution in [0.25, 0.3) is 0 Å². The minimum absolute atomic E-state index is 0.222. The van der Waals surface area contributed by atoms with Crippen molar-refractivity contribution in [1.29, 1.82) is 0 Å². The van der Waals surface area contributed by atoms with Crippen molar-refractivity contribution in [2.45, 2.75) is 32.7 Å². The molecule has 19 heavy (non-hydrogen) atoms. The second-order valence-electron chi connectivity index (χ2n) is 4.78. The van der Waals surface area contributed by atoms with Gasteiger partial charge in [-0.3, -0.25) is 14.5 Å². The van der Waals surface area contributed by atoms with E-state index in [2.05, 4.69) is 0 Å². The Bertz CT molecular complexity index is 460. The molecule has 1 fully saturated rings. The van der Waals surface area contributed by atoms with Crippen molar-refractivity contribution in [1.82, 2.24) is 4.90 Å². The molecule has 1 saturated heterocycles. The number of rotatable bonds is 3. The Labute approximate surface area is 116 Å². The number of hydrogen-bond donors (Lipinski definition) is 0. The maximum Gasteiger partial charge on any atom is 0.329 e. The Morgan fingerprint density at radius 2 is 2.11 bits per heavy atom. The first-order valence-electron chi connectivity index (χ1n) is 6.35. The molecule has 0 spiro atoms. The number of hydrogen-bond acceptors (Lipinski definition) is 4. The molecule has 6 heteroatoms. The zero-order chi connectivity index (χ0) is 14.2. The van der Waals surface area contributed by atoms with E-state index in [0.717, 1.165) is 4.90 Å². The van der Waals surface area contributed by atoms with Crippen molar-refractivity contribution in [3.05, 3.63) is 11.1 Å². The van der Waals surface area contributed by atoms with Crippen molar-refractivity contribution in [2.24, 2.45) is 11.8 Å². The van der Waals surface area contributed by atoms with Crippen LogP contribution in [0.15, 0.2) is 11.1 Å². The largest absolute Gasteiger partial charge is 0.464 e. The predicted octanol–water partition coefficient (Wildman–Crippen LogP) is 1.46. The van der Waals surface area contributed by atoms with Gasteiger partial charge in [0.25, 0.3) is 0 Å². The Kier molecular flexibility index (Phi) is 3.94. The highest BCUT2D eigenvalue weighted by molar-refractivity contribution is 6.30. The zero-order valence-corrected chi connectivity index (χ0v) is 11.6. The lowest BCUT2D eigenvalue weighted by Crippen LogP contribution is -2.44. The molecule has 0 saturated carbocycles. The van der Waals surface area contributed by atoms with Gasteiger partial charge in [0.2, 0.25) is 11.8 Å². The van der Waals surface area contributed by atoms with Crippen LogP contribution in [0.1, 0.15) is 26.7 Å². The van der Waals surface area contributed by atoms with Crippen LogP contribution in [0.2, 0.25) is 0 Å². The molecule has 0 aromatic rings. The molecule has 2 rings (SSSR count). The van der Waals surface area contributed by atoms with Gasteiger partial charge in [0, 0.05) is 5.03 Å². The number of halogens is 1. The number of nitrogens with zero attached hydrogens (tertiary/aromatic N) is 1. The number of carbonyl (C=O) groups is 3. The smallest absolute Gasteiger partial charge is 0.329 e. The Balaban J connectivity index is 2.19. The molecular formula is C13H16ClNO4. The van der Waals surface area contributed by atoms with Gasteiger partial charge in [0.15, 0.2) is 0 Å². The average Bonchev–Trinajstić information content (AvgIpc) is 2.61. The summed E-state index contributed by atoms with van der Waals surface area (Å²) in [4.78, 5) is 37.2. The quantitative estimate of drug-likeness (QED) is 0.582. The van der Waals surface area contributed by atoms with Crippen molar-refractivity contribution >= 4 is 29.4 Å². The average molecular weight is 286 g/mol. The second-order valence-corrected chi connectivity index (χ2v) is 5.26. The highest BCUT2D eigenvalue weighted by Gasteiger charge is 2.51. The summed E-state index contributed by atoms with van der Waals surface area (Å²) in [5.74, 6) is -1.98. The molecule has 0 bridgehead atoms. The van der Waals surface area contributed by atoms with Crippen LogP contribution < -0.4 is 0 Å². The van der Waals surface area contributed by atoms with Crippen molar-refractivity contribution < 1.29 is 19.1 Å². The van der Waals surface area contributed by atoms with Gasteiger partial charge in [-0.05, 0) is 26.7 Å². The van der Waals surface area contributed by atoms with Crippen LogP contribution >= 0.6 is 11.6 Å². The van der Waals surface area contributed by atoms with Gasteiger partial charge < -0.3 is 4.74 Å². The lowest BCUT2D eigenvalue weighted by molar-refractivity contribution is -0.157. The van der Waals surface area contributed by atoms with E-state index in [1.54, 1.807) is 13.0 Å². The summed E-state index contributed by atoms with van der Waals surface area (Å²) in [7, 11) is 0. The fourth-order valence-corrected chi connectivity index (χ4v) is 2.86. The molecule has 1 heterocycles. The van der Waals surface area contributed by atoms with Gasteiger partial charge in [-0.25, -0.2) is 4.79 Å². The molecule has 104 valence electrons. The molecule has 3 unspecified atom stereocenters. The molecule has 0 N–H and O–H groups in total. The van der Waals surface area contributed by atoms with Crippen LogP contribution in [0.4, 0.5) is 0 Å². The number of fused-ring (bicyclic) bond motifs is 1. The fourth-order valence-electron chi connectivity index (χ4n) is 2.60. The lowest BCUT2D eigenvalue weighted by Gasteiger charge is -2.21. The minimum atomic E-state index is -0.871. The van der Waals surface area contributed by atoms with Gasteiger partial charge in [0.05, 0.1) is 18.4 Å². The van der Waals surface area contributed by atoms with Crippen LogP contribution in [0.5, 0.6) is 0 Å². The maximum atomic E-state index is 12.3. The van der Waals surface area contributed by atoms with E-state index in [1.165, 1.54) is 6.92 Å². The lowest BCUT2D eigenvalue weighted by atomic mass is 9.85. The van der Waals surface area contributed by atoms with E-state index in [4.69, 9.17) is 16.3 Å². The van der Waals surface area contributed by atoms with E-state index in [0.29, 0.717) is 17.9 Å². The highest BCUT2D eigenvalue weighted by Crippen LogP contribution is 2.39. The first kappa shape index (κ1) is 14.1. The highest BCUT2D eigenvalue weighted by atomic mass is 35.5. The molecular weight excluding hydrogens is 270 g/mol. The number of carbonyl (C=O) groups excluding carboxylic acids is 3. The Hall–Kier alpha value is -1.36. The molecule has 0 aromatic carbocycles. The number of imide groups is 1. The van der Waals surface area contributed by atoms with Gasteiger partial charge in [-0.2, -0.15) is 0 Å². The summed E-state index contributed by atoms with van der Waals surface area (Å²) < 4.78 is 4.86. The summed E-state index contributed by atoms with van der Waals surface area (Å²) >= 11 is 5.92. The number of amides is 2. The number of ether oxygens (including phenoxy) is 1. The Morgan fingerprint density at radius 3 is 2.74 bits per heavy atom. The van der Waals surface area contributed by atoms with Gasteiger partial charge in [0.1, 0.15) is 6.04 Å². The zero-order valence-electron chi connectivity index (χ0n) is 10.9. The molecule has 5 nitrogen and oxygen atoms in total. The summed E-state index contributed by atoms with van der Waals surface area (Å²) in [5.41, 5.74) is 0. The molecule has 3 atom stereocenters. The summed E-state index contributed by atoms with van der Waals surface area (Å²) in [6.07, 6.45) is 2.61. The summed E-state index contributed by atoms with van der Waals surface area (Å²) in [6.45, 7) is 3.42. The second kappa shape index (κ2) is 5.33. The molecule has 0 aromatic heterocycles. The predicted molar refractivity (Wildman–Crippen MR) is 68.1 cm³/mol. The molecule has 1 aliphatic carbocycles. The van der Waals surface area contributed by atoms with Crippen LogP contribution in [0.3, 0.4) is 0 Å². The summed E-state index contributed by atoms with van der Waals surface area (Å²) in [6, 6.07) is -0.871. The fraction of sp³-hybridized carbons (Fsp3) is 0.615. The first-order chi connectivity index (χ1) is 8.97. The van der Waals surface area contributed by atoms with Crippen molar-refractivity contribution in [3.8, 4) is 0 Å². The third kappa shape index (κ3) is 2.39. The normalized spacial score (nSPS) is 27.9. The van der Waals surface area contributed by atoms with E-state index >= 15 is 0 Å². The van der Waals surface area contributed by atoms with Crippen molar-refractivity contribution in [3.63, 3.8) is 0 Å². The standard InChI is InChI=1S/C13H16ClNO4/c1-3-19-13(18)7(2)15-11(16)9-5-4-8(14)6-10(9)12(15)17/h4,7,9-10H,3,5-6H2,1-2H3. The van der Waals surface area contributed by atoms with Gasteiger partial charge >= 0.3 is 5.97 Å². The SMILES string of the molecule is CCOC(=O)C(C)N1C(=O)C2CC=C(Cl)CC2C1=O. The molecule has 2 amide bonds. The maximum absolute atomic E-state index is 12.3. The van der Waals surface area contributed by atoms with E-state index in [-0.39, 0.29) is 24.3 Å². The van der Waals surface area contributed by atoms with Crippen molar-refractivity contribution in [2.75, 3.05) is 6.61 Å². The number of allylic oxidation sites excluding steroid dienone is 2. The minimum Gasteiger partial charge on any atom is -0.464 e. The Morgan fingerprint density at radius 1 is 1.47 bits per heavy atom. The monoisotopic (exact) mass is 285 g/mol. The molecule has 1 aliphatic heterocycles. The van der Waals surface area contributed by atoms with Crippen LogP contribution in [0, 0.1) is 11.8 Å². The van der Waals surface area contributed by atoms with Crippen LogP contribution in [-0.2, 0) is 19.1 Å². The summed E-state index contributed by atoms with van der Waals surface area (Å²) in [5, 5.41) is 0.605. The third-order valence-corrected chi connectivity index (χ3v) is 3.93. The van der Waals surface area contributed by atoms with Gasteiger partial charge in [-0.1, -0.05) is 17.7 Å². The molecule has 2 aliphatic rings. The topological polar surface area (TPSA) is 63.7 Å². The number of esters is 1. The first-order valence-corrected chi connectivity index (χ1v) is 6.73. The van der Waals surface area contributed by atoms with Gasteiger partial charge in [-0.15, -0.1) is 0 Å². The third-order valence-electron chi connectivity index (χ3n) is 3.62. The number of likely N-dealkylation sites (tertiary alicyclic amines) is 1. The van der Waals surface area contributed by atoms with E-state index in [9.17, 15) is 14.4 Å². The van der Waals surface area contributed by atoms with E-state index in [1.807, 2.05) is 0 Å².